The number of hydrogen-bond donors (Lipinski definition) is 0. The van der Waals surface area contributed by atoms with Gasteiger partial charge in [-0.25, -0.2) is 0 Å². The Hall–Kier alpha value is -0.960. The summed E-state index contributed by atoms with van der Waals surface area (Å²) in [5.74, 6) is 0.724. The number of thioether (sulfide) groups is 1. The smallest absolute Gasteiger partial charge is 0.318 e. The van der Waals surface area contributed by atoms with Gasteiger partial charge in [-0.3, -0.25) is 4.79 Å². The average Bonchev–Trinajstić information content (AvgIpc) is 2.26. The van der Waals surface area contributed by atoms with Crippen molar-refractivity contribution in [1.29, 1.82) is 0 Å². The van der Waals surface area contributed by atoms with Gasteiger partial charge in [-0.05, 0) is 26.3 Å². The molecule has 1 aromatic rings. The summed E-state index contributed by atoms with van der Waals surface area (Å²) in [6.07, 6.45) is 0. The monoisotopic (exact) mass is 238 g/mol. The molecular weight excluding hydrogens is 220 g/mol. The van der Waals surface area contributed by atoms with E-state index < -0.39 is 0 Å². The Balaban J connectivity index is 2.42. The van der Waals surface area contributed by atoms with Crippen molar-refractivity contribution < 1.29 is 9.53 Å². The maximum Gasteiger partial charge on any atom is 0.318 e. The lowest BCUT2D eigenvalue weighted by Gasteiger charge is -2.10. The largest absolute Gasteiger partial charge is 0.465 e. The molecule has 0 aliphatic rings. The second-order valence-corrected chi connectivity index (χ2v) is 5.02. The van der Waals surface area contributed by atoms with E-state index >= 15 is 0 Å². The van der Waals surface area contributed by atoms with E-state index in [4.69, 9.17) is 4.74 Å². The summed E-state index contributed by atoms with van der Waals surface area (Å²) in [5, 5.41) is -0.0968. The van der Waals surface area contributed by atoms with Gasteiger partial charge < -0.3 is 4.74 Å². The molecule has 1 unspecified atom stereocenters. The van der Waals surface area contributed by atoms with Crippen LogP contribution in [0, 0.1) is 6.92 Å². The zero-order valence-corrected chi connectivity index (χ0v) is 10.8. The zero-order chi connectivity index (χ0) is 12.0. The summed E-state index contributed by atoms with van der Waals surface area (Å²) in [6, 6.07) is 8.34. The molecule has 0 saturated carbocycles. The van der Waals surface area contributed by atoms with E-state index in [9.17, 15) is 4.79 Å². The summed E-state index contributed by atoms with van der Waals surface area (Å²) in [7, 11) is 0. The molecule has 0 aliphatic carbocycles. The fourth-order valence-corrected chi connectivity index (χ4v) is 2.18. The molecule has 0 radical (unpaired) electrons. The van der Waals surface area contributed by atoms with Crippen LogP contribution >= 0.6 is 11.8 Å². The van der Waals surface area contributed by atoms with Crippen LogP contribution in [0.5, 0.6) is 0 Å². The van der Waals surface area contributed by atoms with E-state index in [-0.39, 0.29) is 11.2 Å². The van der Waals surface area contributed by atoms with Crippen LogP contribution in [0.2, 0.25) is 0 Å². The predicted molar refractivity (Wildman–Crippen MR) is 68.6 cm³/mol. The van der Waals surface area contributed by atoms with E-state index in [1.54, 1.807) is 11.8 Å². The molecule has 0 amide bonds. The highest BCUT2D eigenvalue weighted by Gasteiger charge is 2.13. The van der Waals surface area contributed by atoms with Crippen LogP contribution in [0.1, 0.15) is 25.0 Å². The molecule has 0 heterocycles. The first kappa shape index (κ1) is 13.1. The average molecular weight is 238 g/mol. The first-order valence-electron chi connectivity index (χ1n) is 5.47. The molecule has 0 N–H and O–H groups in total. The van der Waals surface area contributed by atoms with Crippen molar-refractivity contribution in [2.24, 2.45) is 0 Å². The van der Waals surface area contributed by atoms with Crippen LogP contribution in [-0.2, 0) is 15.3 Å². The molecular formula is C13H18O2S. The Labute approximate surface area is 101 Å². The summed E-state index contributed by atoms with van der Waals surface area (Å²) < 4.78 is 4.96. The van der Waals surface area contributed by atoms with Crippen LogP contribution in [0.3, 0.4) is 0 Å². The van der Waals surface area contributed by atoms with E-state index in [2.05, 4.69) is 25.1 Å². The van der Waals surface area contributed by atoms with Gasteiger partial charge >= 0.3 is 5.97 Å². The maximum atomic E-state index is 11.4. The molecule has 1 rings (SSSR count). The summed E-state index contributed by atoms with van der Waals surface area (Å²) in [6.45, 7) is 6.24. The molecule has 2 nitrogen and oxygen atoms in total. The van der Waals surface area contributed by atoms with E-state index in [0.29, 0.717) is 6.61 Å². The number of carbonyl (C=O) groups is 1. The van der Waals surface area contributed by atoms with Crippen LogP contribution < -0.4 is 0 Å². The second-order valence-electron chi connectivity index (χ2n) is 3.69. The maximum absolute atomic E-state index is 11.4. The van der Waals surface area contributed by atoms with Crippen molar-refractivity contribution >= 4 is 17.7 Å². The molecule has 1 aromatic carbocycles. The number of carbonyl (C=O) groups excluding carboxylic acids is 1. The number of ether oxygens (including phenoxy) is 1. The minimum atomic E-state index is -0.125. The molecule has 0 spiro atoms. The summed E-state index contributed by atoms with van der Waals surface area (Å²) >= 11 is 1.61. The summed E-state index contributed by atoms with van der Waals surface area (Å²) in [5.41, 5.74) is 2.50. The van der Waals surface area contributed by atoms with Gasteiger partial charge in [0, 0.05) is 5.75 Å². The minimum absolute atomic E-state index is 0.0968. The zero-order valence-electron chi connectivity index (χ0n) is 10.0. The van der Waals surface area contributed by atoms with Gasteiger partial charge in [0.15, 0.2) is 0 Å². The molecule has 0 fully saturated rings. The van der Waals surface area contributed by atoms with Crippen LogP contribution in [0.25, 0.3) is 0 Å². The Morgan fingerprint density at radius 1 is 1.50 bits per heavy atom. The Kier molecular flexibility index (Phi) is 5.39. The van der Waals surface area contributed by atoms with Crippen LogP contribution in [0.4, 0.5) is 0 Å². The fourth-order valence-electron chi connectivity index (χ4n) is 1.35. The quantitative estimate of drug-likeness (QED) is 0.737. The predicted octanol–water partition coefficient (Wildman–Crippen LogP) is 3.18. The Bertz CT molecular complexity index is 350. The highest BCUT2D eigenvalue weighted by atomic mass is 32.2. The molecule has 88 valence electrons. The highest BCUT2D eigenvalue weighted by Crippen LogP contribution is 2.19. The van der Waals surface area contributed by atoms with Gasteiger partial charge in [-0.2, -0.15) is 0 Å². The van der Waals surface area contributed by atoms with E-state index in [1.807, 2.05) is 19.9 Å². The topological polar surface area (TPSA) is 26.3 Å². The Morgan fingerprint density at radius 2 is 2.25 bits per heavy atom. The number of hydrogen-bond acceptors (Lipinski definition) is 3. The molecule has 16 heavy (non-hydrogen) atoms. The lowest BCUT2D eigenvalue weighted by Crippen LogP contribution is -2.16. The molecule has 0 aromatic heterocycles. The second kappa shape index (κ2) is 6.59. The lowest BCUT2D eigenvalue weighted by atomic mass is 10.2. The first-order chi connectivity index (χ1) is 7.63. The molecule has 3 heteroatoms. The molecule has 0 aliphatic heterocycles. The van der Waals surface area contributed by atoms with Gasteiger partial charge in [-0.15, -0.1) is 11.8 Å². The van der Waals surface area contributed by atoms with Crippen molar-refractivity contribution in [3.63, 3.8) is 0 Å². The van der Waals surface area contributed by atoms with E-state index in [1.165, 1.54) is 11.1 Å². The normalized spacial score (nSPS) is 12.2. The van der Waals surface area contributed by atoms with Gasteiger partial charge in [0.25, 0.3) is 0 Å². The lowest BCUT2D eigenvalue weighted by molar-refractivity contribution is -0.142. The number of esters is 1. The third kappa shape index (κ3) is 4.27. The van der Waals surface area contributed by atoms with Gasteiger partial charge in [0.2, 0.25) is 0 Å². The number of benzene rings is 1. The van der Waals surface area contributed by atoms with Crippen molar-refractivity contribution in [3.05, 3.63) is 35.4 Å². The van der Waals surface area contributed by atoms with Crippen molar-refractivity contribution in [2.45, 2.75) is 31.8 Å². The van der Waals surface area contributed by atoms with Crippen molar-refractivity contribution in [2.75, 3.05) is 6.61 Å². The first-order valence-corrected chi connectivity index (χ1v) is 6.52. The van der Waals surface area contributed by atoms with Gasteiger partial charge in [0.05, 0.1) is 11.9 Å². The number of rotatable bonds is 5. The Morgan fingerprint density at radius 3 is 2.88 bits per heavy atom. The van der Waals surface area contributed by atoms with Crippen LogP contribution in [0.15, 0.2) is 24.3 Å². The van der Waals surface area contributed by atoms with Gasteiger partial charge in [0.1, 0.15) is 0 Å². The number of aryl methyl sites for hydroxylation is 1. The molecule has 0 bridgehead atoms. The van der Waals surface area contributed by atoms with Crippen molar-refractivity contribution in [3.8, 4) is 0 Å². The van der Waals surface area contributed by atoms with Gasteiger partial charge in [-0.1, -0.05) is 29.8 Å². The van der Waals surface area contributed by atoms with Crippen LogP contribution in [-0.4, -0.2) is 17.8 Å². The third-order valence-corrected chi connectivity index (χ3v) is 3.39. The molecule has 1 atom stereocenters. The highest BCUT2D eigenvalue weighted by molar-refractivity contribution is 7.99. The minimum Gasteiger partial charge on any atom is -0.465 e. The SMILES string of the molecule is CCOC(=O)C(C)SCc1cccc(C)c1. The molecule has 0 saturated heterocycles. The standard InChI is InChI=1S/C13H18O2S/c1-4-15-13(14)11(3)16-9-12-7-5-6-10(2)8-12/h5-8,11H,4,9H2,1-3H3. The van der Waals surface area contributed by atoms with E-state index in [0.717, 1.165) is 5.75 Å². The van der Waals surface area contributed by atoms with Crippen molar-refractivity contribution in [1.82, 2.24) is 0 Å². The third-order valence-electron chi connectivity index (χ3n) is 2.20. The summed E-state index contributed by atoms with van der Waals surface area (Å²) in [4.78, 5) is 11.4. The fraction of sp³-hybridized carbons (Fsp3) is 0.462.